The molecule has 0 aromatic rings. The summed E-state index contributed by atoms with van der Waals surface area (Å²) >= 11 is 0. The zero-order valence-electron chi connectivity index (χ0n) is 10.6. The van der Waals surface area contributed by atoms with Crippen LogP contribution in [0.3, 0.4) is 0 Å². The Morgan fingerprint density at radius 1 is 0.938 bits per heavy atom. The number of aliphatic hydroxyl groups is 1. The van der Waals surface area contributed by atoms with E-state index in [-0.39, 0.29) is 0 Å². The quantitative estimate of drug-likeness (QED) is 0.690. The highest BCUT2D eigenvalue weighted by Gasteiger charge is 2.55. The third-order valence-corrected chi connectivity index (χ3v) is 4.97. The third kappa shape index (κ3) is 1.76. The van der Waals surface area contributed by atoms with Crippen LogP contribution in [0, 0.1) is 22.2 Å². The Balaban J connectivity index is 2.16. The fraction of sp³-hybridized carbons (Fsp3) is 0.929. The van der Waals surface area contributed by atoms with Gasteiger partial charge in [0, 0.05) is 0 Å². The van der Waals surface area contributed by atoms with Crippen molar-refractivity contribution in [1.82, 2.24) is 0 Å². The smallest absolute Gasteiger partial charge is 0.0860 e. The minimum atomic E-state index is -0.701. The van der Waals surface area contributed by atoms with Crippen molar-refractivity contribution in [1.29, 1.82) is 5.26 Å². The van der Waals surface area contributed by atoms with Crippen molar-refractivity contribution < 1.29 is 5.11 Å². The summed E-state index contributed by atoms with van der Waals surface area (Å²) in [5, 5.41) is 20.2. The van der Waals surface area contributed by atoms with Crippen LogP contribution >= 0.6 is 0 Å². The molecule has 0 amide bonds. The van der Waals surface area contributed by atoms with Crippen molar-refractivity contribution in [3.8, 4) is 6.07 Å². The Bertz CT molecular complexity index is 311. The largest absolute Gasteiger partial charge is 0.388 e. The Morgan fingerprint density at radius 2 is 1.56 bits per heavy atom. The fourth-order valence-electron chi connectivity index (χ4n) is 3.34. The van der Waals surface area contributed by atoms with Gasteiger partial charge in [-0.25, -0.2) is 0 Å². The minimum absolute atomic E-state index is 0.338. The van der Waals surface area contributed by atoms with Crippen LogP contribution in [-0.4, -0.2) is 10.7 Å². The van der Waals surface area contributed by atoms with E-state index in [4.69, 9.17) is 0 Å². The maximum absolute atomic E-state index is 10.8. The molecule has 16 heavy (non-hydrogen) atoms. The molecule has 0 bridgehead atoms. The molecule has 2 nitrogen and oxygen atoms in total. The van der Waals surface area contributed by atoms with Crippen LogP contribution in [0.25, 0.3) is 0 Å². The molecule has 0 heterocycles. The molecule has 1 unspecified atom stereocenters. The van der Waals surface area contributed by atoms with Crippen molar-refractivity contribution in [2.75, 3.05) is 0 Å². The van der Waals surface area contributed by atoms with E-state index < -0.39 is 11.0 Å². The van der Waals surface area contributed by atoms with Gasteiger partial charge in [0.1, 0.15) is 0 Å². The first kappa shape index (κ1) is 11.9. The number of nitriles is 1. The van der Waals surface area contributed by atoms with Gasteiger partial charge in [0.15, 0.2) is 0 Å². The summed E-state index contributed by atoms with van der Waals surface area (Å²) in [7, 11) is 0. The van der Waals surface area contributed by atoms with Crippen molar-refractivity contribution in [2.45, 2.75) is 70.8 Å². The standard InChI is InChI=1S/C14H23NO/c1-12(2)5-3-8-14(16,10-9-12)13(11-15)6-4-7-13/h16H,3-10H2,1-2H3. The van der Waals surface area contributed by atoms with Crippen molar-refractivity contribution in [3.63, 3.8) is 0 Å². The molecule has 0 aromatic heterocycles. The summed E-state index contributed by atoms with van der Waals surface area (Å²) < 4.78 is 0. The van der Waals surface area contributed by atoms with Crippen LogP contribution in [0.4, 0.5) is 0 Å². The normalized spacial score (nSPS) is 36.9. The summed E-state index contributed by atoms with van der Waals surface area (Å²) in [6.07, 6.45) is 7.84. The third-order valence-electron chi connectivity index (χ3n) is 4.97. The molecule has 0 aromatic carbocycles. The van der Waals surface area contributed by atoms with Crippen LogP contribution in [-0.2, 0) is 0 Å². The van der Waals surface area contributed by atoms with Crippen LogP contribution in [0.2, 0.25) is 0 Å². The fourth-order valence-corrected chi connectivity index (χ4v) is 3.34. The molecule has 2 heteroatoms. The number of nitrogens with zero attached hydrogens (tertiary/aromatic N) is 1. The van der Waals surface area contributed by atoms with Crippen molar-refractivity contribution >= 4 is 0 Å². The van der Waals surface area contributed by atoms with E-state index >= 15 is 0 Å². The molecule has 1 atom stereocenters. The second-order valence-electron chi connectivity index (χ2n) is 6.60. The van der Waals surface area contributed by atoms with Crippen LogP contribution in [0.5, 0.6) is 0 Å². The Labute approximate surface area is 98.7 Å². The van der Waals surface area contributed by atoms with Gasteiger partial charge in [0.2, 0.25) is 0 Å². The van der Waals surface area contributed by atoms with E-state index in [1.807, 2.05) is 0 Å². The van der Waals surface area contributed by atoms with Crippen LogP contribution < -0.4 is 0 Å². The maximum atomic E-state index is 10.8. The van der Waals surface area contributed by atoms with E-state index in [0.29, 0.717) is 5.41 Å². The van der Waals surface area contributed by atoms with Crippen LogP contribution in [0.15, 0.2) is 0 Å². The van der Waals surface area contributed by atoms with E-state index in [1.165, 1.54) is 6.42 Å². The first-order valence-corrected chi connectivity index (χ1v) is 6.57. The Kier molecular flexibility index (Phi) is 2.78. The second-order valence-corrected chi connectivity index (χ2v) is 6.60. The van der Waals surface area contributed by atoms with Gasteiger partial charge < -0.3 is 5.11 Å². The molecule has 2 saturated carbocycles. The summed E-state index contributed by atoms with van der Waals surface area (Å²) in [6, 6.07) is 2.43. The number of hydrogen-bond acceptors (Lipinski definition) is 2. The van der Waals surface area contributed by atoms with E-state index in [0.717, 1.165) is 44.9 Å². The molecule has 0 aliphatic heterocycles. The maximum Gasteiger partial charge on any atom is 0.0860 e. The lowest BCUT2D eigenvalue weighted by Crippen LogP contribution is -2.51. The lowest BCUT2D eigenvalue weighted by Gasteiger charge is -2.48. The summed E-state index contributed by atoms with van der Waals surface area (Å²) in [6.45, 7) is 4.55. The lowest BCUT2D eigenvalue weighted by atomic mass is 9.57. The van der Waals surface area contributed by atoms with Gasteiger partial charge in [-0.2, -0.15) is 5.26 Å². The highest BCUT2D eigenvalue weighted by Crippen LogP contribution is 2.55. The molecule has 0 spiro atoms. The van der Waals surface area contributed by atoms with E-state index in [2.05, 4.69) is 19.9 Å². The van der Waals surface area contributed by atoms with Crippen molar-refractivity contribution in [3.05, 3.63) is 0 Å². The zero-order valence-corrected chi connectivity index (χ0v) is 10.6. The SMILES string of the molecule is CC1(C)CCCC(O)(C2(C#N)CCC2)CC1. The van der Waals surface area contributed by atoms with Gasteiger partial charge >= 0.3 is 0 Å². The highest BCUT2D eigenvalue weighted by atomic mass is 16.3. The molecule has 2 rings (SSSR count). The number of hydrogen-bond donors (Lipinski definition) is 1. The Morgan fingerprint density at radius 3 is 2.06 bits per heavy atom. The summed E-state index contributed by atoms with van der Waals surface area (Å²) in [4.78, 5) is 0. The predicted molar refractivity (Wildman–Crippen MR) is 63.7 cm³/mol. The molecule has 2 aliphatic rings. The monoisotopic (exact) mass is 221 g/mol. The minimum Gasteiger partial charge on any atom is -0.388 e. The molecule has 0 saturated heterocycles. The summed E-state index contributed by atoms with van der Waals surface area (Å²) in [5.74, 6) is 0. The summed E-state index contributed by atoms with van der Waals surface area (Å²) in [5.41, 5.74) is -0.772. The van der Waals surface area contributed by atoms with Crippen LogP contribution in [0.1, 0.15) is 65.2 Å². The predicted octanol–water partition coefficient (Wildman–Crippen LogP) is 3.40. The van der Waals surface area contributed by atoms with Gasteiger partial charge in [-0.15, -0.1) is 0 Å². The molecule has 0 radical (unpaired) electrons. The first-order chi connectivity index (χ1) is 7.43. The molecular formula is C14H23NO. The average Bonchev–Trinajstić information content (AvgIpc) is 2.26. The number of rotatable bonds is 1. The molecule has 2 fully saturated rings. The zero-order chi connectivity index (χ0) is 11.9. The molecular weight excluding hydrogens is 198 g/mol. The van der Waals surface area contributed by atoms with Crippen molar-refractivity contribution in [2.24, 2.45) is 10.8 Å². The van der Waals surface area contributed by atoms with Gasteiger partial charge in [0.25, 0.3) is 0 Å². The topological polar surface area (TPSA) is 44.0 Å². The molecule has 1 N–H and O–H groups in total. The lowest BCUT2D eigenvalue weighted by molar-refractivity contribution is -0.105. The van der Waals surface area contributed by atoms with Gasteiger partial charge in [-0.3, -0.25) is 0 Å². The van der Waals surface area contributed by atoms with Gasteiger partial charge in [0.05, 0.1) is 17.1 Å². The molecule has 2 aliphatic carbocycles. The molecule has 90 valence electrons. The first-order valence-electron chi connectivity index (χ1n) is 6.57. The van der Waals surface area contributed by atoms with Gasteiger partial charge in [-0.05, 0) is 43.9 Å². The second kappa shape index (κ2) is 3.74. The Hall–Kier alpha value is -0.550. The van der Waals surface area contributed by atoms with Gasteiger partial charge in [-0.1, -0.05) is 26.7 Å². The van der Waals surface area contributed by atoms with E-state index in [9.17, 15) is 10.4 Å². The van der Waals surface area contributed by atoms with E-state index in [1.54, 1.807) is 0 Å². The highest BCUT2D eigenvalue weighted by molar-refractivity contribution is 5.16. The average molecular weight is 221 g/mol.